The van der Waals surface area contributed by atoms with Gasteiger partial charge in [-0.25, -0.2) is 0 Å². The molecule has 0 unspecified atom stereocenters. The smallest absolute Gasteiger partial charge is 0.259 e. The standard InChI is InChI=1S/C28H26N4O3/c1-19(33)32-14-13-21-15-23(11-12-26(21)32)29-28(34)25-18-31(17-20-7-4-3-5-8-20)30-27(25)22-9-6-10-24(16-22)35-2/h3-12,15-16,18H,13-14,17H2,1-2H3,(H,29,34). The number of rotatable bonds is 6. The normalized spacial score (nSPS) is 12.3. The maximum atomic E-state index is 13.4. The molecule has 2 amide bonds. The maximum absolute atomic E-state index is 13.4. The quantitative estimate of drug-likeness (QED) is 0.444. The number of anilines is 2. The first-order valence-electron chi connectivity index (χ1n) is 11.5. The van der Waals surface area contributed by atoms with Crippen LogP contribution in [0.2, 0.25) is 0 Å². The summed E-state index contributed by atoms with van der Waals surface area (Å²) >= 11 is 0. The van der Waals surface area contributed by atoms with E-state index >= 15 is 0 Å². The van der Waals surface area contributed by atoms with Crippen LogP contribution in [0.15, 0.2) is 79.0 Å². The minimum Gasteiger partial charge on any atom is -0.497 e. The van der Waals surface area contributed by atoms with E-state index in [1.54, 1.807) is 29.8 Å². The Balaban J connectivity index is 1.46. The first-order chi connectivity index (χ1) is 17.0. The molecule has 0 aliphatic carbocycles. The second-order valence-electron chi connectivity index (χ2n) is 8.52. The molecular weight excluding hydrogens is 440 g/mol. The van der Waals surface area contributed by atoms with E-state index in [9.17, 15) is 9.59 Å². The molecule has 0 bridgehead atoms. The lowest BCUT2D eigenvalue weighted by atomic mass is 10.1. The Morgan fingerprint density at radius 1 is 1.03 bits per heavy atom. The van der Waals surface area contributed by atoms with Crippen LogP contribution in [0.4, 0.5) is 11.4 Å². The number of hydrogen-bond donors (Lipinski definition) is 1. The van der Waals surface area contributed by atoms with E-state index in [0.29, 0.717) is 35.8 Å². The predicted molar refractivity (Wildman–Crippen MR) is 136 cm³/mol. The summed E-state index contributed by atoms with van der Waals surface area (Å²) in [6.45, 7) is 2.77. The zero-order chi connectivity index (χ0) is 24.4. The SMILES string of the molecule is COc1cccc(-c2nn(Cc3ccccc3)cc2C(=O)Nc2ccc3c(c2)CCN3C(C)=O)c1. The number of carbonyl (C=O) groups excluding carboxylic acids is 2. The van der Waals surface area contributed by atoms with Crippen LogP contribution in [0.5, 0.6) is 5.75 Å². The van der Waals surface area contributed by atoms with Crippen LogP contribution in [0.3, 0.4) is 0 Å². The van der Waals surface area contributed by atoms with Gasteiger partial charge in [0.15, 0.2) is 0 Å². The van der Waals surface area contributed by atoms with Crippen LogP contribution in [0, 0.1) is 0 Å². The van der Waals surface area contributed by atoms with Crippen molar-refractivity contribution >= 4 is 23.2 Å². The van der Waals surface area contributed by atoms with Gasteiger partial charge in [0, 0.05) is 36.6 Å². The van der Waals surface area contributed by atoms with Gasteiger partial charge >= 0.3 is 0 Å². The highest BCUT2D eigenvalue weighted by Gasteiger charge is 2.23. The zero-order valence-corrected chi connectivity index (χ0v) is 19.7. The van der Waals surface area contributed by atoms with Gasteiger partial charge in [0.1, 0.15) is 11.4 Å². The average molecular weight is 467 g/mol. The van der Waals surface area contributed by atoms with Crippen LogP contribution in [0.25, 0.3) is 11.3 Å². The van der Waals surface area contributed by atoms with E-state index in [4.69, 9.17) is 9.84 Å². The summed E-state index contributed by atoms with van der Waals surface area (Å²) in [4.78, 5) is 27.0. The van der Waals surface area contributed by atoms with Gasteiger partial charge in [-0.1, -0.05) is 42.5 Å². The summed E-state index contributed by atoms with van der Waals surface area (Å²) in [6, 6.07) is 23.2. The van der Waals surface area contributed by atoms with Crippen LogP contribution in [0.1, 0.15) is 28.4 Å². The van der Waals surface area contributed by atoms with Crippen molar-refractivity contribution in [2.24, 2.45) is 0 Å². The molecule has 7 heteroatoms. The average Bonchev–Trinajstić information content (AvgIpc) is 3.49. The molecule has 0 saturated heterocycles. The van der Waals surface area contributed by atoms with Gasteiger partial charge in [-0.15, -0.1) is 0 Å². The Morgan fingerprint density at radius 2 is 1.86 bits per heavy atom. The van der Waals surface area contributed by atoms with Gasteiger partial charge in [0.05, 0.1) is 19.2 Å². The number of fused-ring (bicyclic) bond motifs is 1. The van der Waals surface area contributed by atoms with Crippen molar-refractivity contribution in [3.63, 3.8) is 0 Å². The molecule has 2 heterocycles. The van der Waals surface area contributed by atoms with Gasteiger partial charge in [-0.3, -0.25) is 14.3 Å². The maximum Gasteiger partial charge on any atom is 0.259 e. The molecule has 35 heavy (non-hydrogen) atoms. The fourth-order valence-electron chi connectivity index (χ4n) is 4.43. The molecule has 1 aliphatic heterocycles. The molecule has 0 fully saturated rings. The van der Waals surface area contributed by atoms with Crippen molar-refractivity contribution in [2.75, 3.05) is 23.9 Å². The molecule has 7 nitrogen and oxygen atoms in total. The van der Waals surface area contributed by atoms with Crippen molar-refractivity contribution in [1.82, 2.24) is 9.78 Å². The second-order valence-corrected chi connectivity index (χ2v) is 8.52. The first-order valence-corrected chi connectivity index (χ1v) is 11.5. The molecule has 1 N–H and O–H groups in total. The van der Waals surface area contributed by atoms with Gasteiger partial charge in [-0.2, -0.15) is 5.10 Å². The molecule has 3 aromatic carbocycles. The number of methoxy groups -OCH3 is 1. The Hall–Kier alpha value is -4.39. The molecular formula is C28H26N4O3. The fraction of sp³-hybridized carbons (Fsp3) is 0.179. The van der Waals surface area contributed by atoms with Crippen LogP contribution in [-0.2, 0) is 17.8 Å². The number of benzene rings is 3. The molecule has 0 saturated carbocycles. The van der Waals surface area contributed by atoms with Gasteiger partial charge in [0.25, 0.3) is 5.91 Å². The predicted octanol–water partition coefficient (Wildman–Crippen LogP) is 4.77. The van der Waals surface area contributed by atoms with Gasteiger partial charge < -0.3 is 15.0 Å². The summed E-state index contributed by atoms with van der Waals surface area (Å²) < 4.78 is 7.16. The van der Waals surface area contributed by atoms with E-state index in [2.05, 4.69) is 5.32 Å². The van der Waals surface area contributed by atoms with Gasteiger partial charge in [-0.05, 0) is 47.9 Å². The Labute approximate surface area is 204 Å². The lowest BCUT2D eigenvalue weighted by Gasteiger charge is -2.15. The highest BCUT2D eigenvalue weighted by Crippen LogP contribution is 2.31. The number of carbonyl (C=O) groups is 2. The summed E-state index contributed by atoms with van der Waals surface area (Å²) in [5.41, 5.74) is 5.59. The number of nitrogens with zero attached hydrogens (tertiary/aromatic N) is 3. The van der Waals surface area contributed by atoms with Crippen molar-refractivity contribution in [3.8, 4) is 17.0 Å². The Morgan fingerprint density at radius 3 is 2.63 bits per heavy atom. The summed E-state index contributed by atoms with van der Waals surface area (Å²) in [6.07, 6.45) is 2.55. The minimum atomic E-state index is -0.247. The van der Waals surface area contributed by atoms with Crippen LogP contribution >= 0.6 is 0 Å². The molecule has 1 aromatic heterocycles. The van der Waals surface area contributed by atoms with Crippen molar-refractivity contribution < 1.29 is 14.3 Å². The van der Waals surface area contributed by atoms with Crippen molar-refractivity contribution in [3.05, 3.63) is 95.7 Å². The molecule has 176 valence electrons. The number of hydrogen-bond acceptors (Lipinski definition) is 4. The topological polar surface area (TPSA) is 76.5 Å². The zero-order valence-electron chi connectivity index (χ0n) is 19.7. The monoisotopic (exact) mass is 466 g/mol. The minimum absolute atomic E-state index is 0.0225. The van der Waals surface area contributed by atoms with Crippen molar-refractivity contribution in [2.45, 2.75) is 19.9 Å². The van der Waals surface area contributed by atoms with E-state index in [-0.39, 0.29) is 11.8 Å². The molecule has 0 atom stereocenters. The molecule has 0 spiro atoms. The summed E-state index contributed by atoms with van der Waals surface area (Å²) in [7, 11) is 1.61. The molecule has 4 aromatic rings. The van der Waals surface area contributed by atoms with Crippen molar-refractivity contribution in [1.29, 1.82) is 0 Å². The van der Waals surface area contributed by atoms with E-state index in [1.165, 1.54) is 0 Å². The molecule has 1 aliphatic rings. The van der Waals surface area contributed by atoms with Crippen LogP contribution < -0.4 is 15.0 Å². The lowest BCUT2D eigenvalue weighted by molar-refractivity contribution is -0.116. The molecule has 0 radical (unpaired) electrons. The Bertz CT molecular complexity index is 1390. The summed E-state index contributed by atoms with van der Waals surface area (Å²) in [5, 5.41) is 7.78. The number of ether oxygens (including phenoxy) is 1. The molecule has 5 rings (SSSR count). The van der Waals surface area contributed by atoms with E-state index in [1.807, 2.05) is 72.8 Å². The number of amides is 2. The number of nitrogens with one attached hydrogen (secondary N) is 1. The van der Waals surface area contributed by atoms with E-state index in [0.717, 1.165) is 28.8 Å². The largest absolute Gasteiger partial charge is 0.497 e. The number of aromatic nitrogens is 2. The highest BCUT2D eigenvalue weighted by molar-refractivity contribution is 6.08. The Kier molecular flexibility index (Phi) is 6.06. The highest BCUT2D eigenvalue weighted by atomic mass is 16.5. The third-order valence-corrected chi connectivity index (χ3v) is 6.15. The summed E-state index contributed by atoms with van der Waals surface area (Å²) in [5.74, 6) is 0.470. The van der Waals surface area contributed by atoms with Crippen LogP contribution in [-0.4, -0.2) is 35.2 Å². The first kappa shape index (κ1) is 22.4. The van der Waals surface area contributed by atoms with E-state index < -0.39 is 0 Å². The van der Waals surface area contributed by atoms with Gasteiger partial charge in [0.2, 0.25) is 5.91 Å². The third-order valence-electron chi connectivity index (χ3n) is 6.15. The lowest BCUT2D eigenvalue weighted by Crippen LogP contribution is -2.25. The fourth-order valence-corrected chi connectivity index (χ4v) is 4.43. The third kappa shape index (κ3) is 4.66. The second kappa shape index (κ2) is 9.46.